The molecule has 0 radical (unpaired) electrons. The summed E-state index contributed by atoms with van der Waals surface area (Å²) < 4.78 is 6.20. The Morgan fingerprint density at radius 1 is 0.380 bits per heavy atom. The molecule has 0 unspecified atom stereocenters. The molecule has 3 heteroatoms. The third-order valence-corrected chi connectivity index (χ3v) is 9.80. The molecule has 8 aromatic carbocycles. The van der Waals surface area contributed by atoms with Crippen LogP contribution in [-0.2, 0) is 0 Å². The third kappa shape index (κ3) is 4.79. The highest BCUT2D eigenvalue weighted by molar-refractivity contribution is 6.08. The number of pyridine rings is 1. The fraction of sp³-hybridized carbons (Fsp3) is 0. The molecule has 234 valence electrons. The molecule has 0 aliphatic carbocycles. The lowest BCUT2D eigenvalue weighted by Gasteiger charge is -2.27. The number of rotatable bonds is 5. The predicted molar refractivity (Wildman–Crippen MR) is 210 cm³/mol. The molecule has 2 heterocycles. The SMILES string of the molecule is c1cc(-c2ccc3ccccc3c2)cc(N(c2cccc(-c3cccc4ccccc34)c2)c2ccc3cc4c(nc3c2)oc2ccccc24)c1. The number of furan rings is 1. The molecular weight excluding hydrogens is 609 g/mol. The number of aromatic nitrogens is 1. The molecule has 0 fully saturated rings. The zero-order valence-electron chi connectivity index (χ0n) is 27.1. The fourth-order valence-corrected chi connectivity index (χ4v) is 7.36. The summed E-state index contributed by atoms with van der Waals surface area (Å²) in [6.45, 7) is 0. The van der Waals surface area contributed by atoms with Crippen LogP contribution in [0.1, 0.15) is 0 Å². The zero-order chi connectivity index (χ0) is 33.0. The summed E-state index contributed by atoms with van der Waals surface area (Å²) in [6, 6.07) is 64.9. The van der Waals surface area contributed by atoms with E-state index in [1.165, 1.54) is 32.7 Å². The smallest absolute Gasteiger partial charge is 0.227 e. The van der Waals surface area contributed by atoms with E-state index < -0.39 is 0 Å². The number of nitrogens with zero attached hydrogens (tertiary/aromatic N) is 2. The van der Waals surface area contributed by atoms with Crippen LogP contribution < -0.4 is 4.90 Å². The molecule has 0 bridgehead atoms. The van der Waals surface area contributed by atoms with Crippen molar-refractivity contribution in [2.45, 2.75) is 0 Å². The number of fused-ring (bicyclic) bond motifs is 6. The Hall–Kier alpha value is -6.71. The number of benzene rings is 8. The van der Waals surface area contributed by atoms with Gasteiger partial charge in [-0.3, -0.25) is 0 Å². The van der Waals surface area contributed by atoms with Gasteiger partial charge in [0.05, 0.1) is 5.52 Å². The minimum absolute atomic E-state index is 0.652. The molecule has 0 saturated carbocycles. The quantitative estimate of drug-likeness (QED) is 0.188. The summed E-state index contributed by atoms with van der Waals surface area (Å²) in [5.74, 6) is 0. The summed E-state index contributed by atoms with van der Waals surface area (Å²) in [6.07, 6.45) is 0. The van der Waals surface area contributed by atoms with Gasteiger partial charge in [-0.25, -0.2) is 4.98 Å². The van der Waals surface area contributed by atoms with Crippen molar-refractivity contribution in [3.8, 4) is 22.3 Å². The first kappa shape index (κ1) is 28.3. The molecule has 2 aromatic heterocycles. The van der Waals surface area contributed by atoms with Gasteiger partial charge in [0.2, 0.25) is 5.71 Å². The molecule has 10 rings (SSSR count). The minimum atomic E-state index is 0.652. The number of hydrogen-bond donors (Lipinski definition) is 0. The van der Waals surface area contributed by atoms with Crippen LogP contribution in [-0.4, -0.2) is 4.98 Å². The molecule has 50 heavy (non-hydrogen) atoms. The zero-order valence-corrected chi connectivity index (χ0v) is 27.1. The number of hydrogen-bond acceptors (Lipinski definition) is 3. The summed E-state index contributed by atoms with van der Waals surface area (Å²) >= 11 is 0. The van der Waals surface area contributed by atoms with Crippen LogP contribution in [0.4, 0.5) is 17.1 Å². The van der Waals surface area contributed by atoms with Gasteiger partial charge in [0.25, 0.3) is 0 Å². The topological polar surface area (TPSA) is 29.3 Å². The number of anilines is 3. The van der Waals surface area contributed by atoms with Crippen molar-refractivity contribution in [2.75, 3.05) is 4.90 Å². The van der Waals surface area contributed by atoms with Crippen molar-refractivity contribution >= 4 is 71.6 Å². The summed E-state index contributed by atoms with van der Waals surface area (Å²) in [5, 5.41) is 8.12. The molecule has 0 N–H and O–H groups in total. The van der Waals surface area contributed by atoms with Gasteiger partial charge in [-0.05, 0) is 98.4 Å². The van der Waals surface area contributed by atoms with Gasteiger partial charge in [-0.1, -0.05) is 127 Å². The number of para-hydroxylation sites is 1. The van der Waals surface area contributed by atoms with Gasteiger partial charge < -0.3 is 9.32 Å². The van der Waals surface area contributed by atoms with E-state index in [1.807, 2.05) is 18.2 Å². The third-order valence-electron chi connectivity index (χ3n) is 9.80. The maximum absolute atomic E-state index is 6.20. The summed E-state index contributed by atoms with van der Waals surface area (Å²) in [5.41, 5.74) is 10.3. The van der Waals surface area contributed by atoms with Crippen LogP contribution >= 0.6 is 0 Å². The van der Waals surface area contributed by atoms with Crippen LogP contribution in [0.3, 0.4) is 0 Å². The standard InChI is InChI=1S/C47H30N2O/c1-2-12-33-26-35(23-22-31(33)10-1)34-14-7-16-38(27-34)49(39-17-8-15-36(28-39)42-20-9-13-32-11-3-4-18-41(32)42)40-25-24-37-29-44-43-19-5-6-21-46(43)50-47(44)48-45(37)30-40/h1-30H. The first-order valence-corrected chi connectivity index (χ1v) is 16.9. The van der Waals surface area contributed by atoms with Crippen LogP contribution in [0, 0.1) is 0 Å². The summed E-state index contributed by atoms with van der Waals surface area (Å²) in [7, 11) is 0. The Bertz CT molecular complexity index is 2900. The first-order chi connectivity index (χ1) is 24.7. The first-order valence-electron chi connectivity index (χ1n) is 16.9. The van der Waals surface area contributed by atoms with Crippen molar-refractivity contribution in [1.29, 1.82) is 0 Å². The molecule has 0 spiro atoms. The normalized spacial score (nSPS) is 11.6. The van der Waals surface area contributed by atoms with Gasteiger partial charge in [-0.15, -0.1) is 0 Å². The van der Waals surface area contributed by atoms with Crippen molar-refractivity contribution in [1.82, 2.24) is 4.98 Å². The van der Waals surface area contributed by atoms with Gasteiger partial charge >= 0.3 is 0 Å². The summed E-state index contributed by atoms with van der Waals surface area (Å²) in [4.78, 5) is 7.38. The van der Waals surface area contributed by atoms with Gasteiger partial charge in [-0.2, -0.15) is 0 Å². The molecule has 0 aliphatic rings. The van der Waals surface area contributed by atoms with Crippen molar-refractivity contribution in [2.24, 2.45) is 0 Å². The van der Waals surface area contributed by atoms with Gasteiger partial charge in [0, 0.05) is 33.2 Å². The van der Waals surface area contributed by atoms with E-state index in [0.717, 1.165) is 55.4 Å². The van der Waals surface area contributed by atoms with E-state index in [4.69, 9.17) is 9.40 Å². The molecule has 0 aliphatic heterocycles. The lowest BCUT2D eigenvalue weighted by molar-refractivity contribution is 0.656. The Balaban J connectivity index is 1.16. The molecule has 3 nitrogen and oxygen atoms in total. The fourth-order valence-electron chi connectivity index (χ4n) is 7.36. The molecule has 0 amide bonds. The monoisotopic (exact) mass is 638 g/mol. The van der Waals surface area contributed by atoms with Crippen LogP contribution in [0.15, 0.2) is 186 Å². The average molecular weight is 639 g/mol. The van der Waals surface area contributed by atoms with E-state index in [2.05, 4.69) is 169 Å². The maximum atomic E-state index is 6.20. The second kappa shape index (κ2) is 11.5. The van der Waals surface area contributed by atoms with E-state index in [-0.39, 0.29) is 0 Å². The van der Waals surface area contributed by atoms with E-state index >= 15 is 0 Å². The highest BCUT2D eigenvalue weighted by Gasteiger charge is 2.17. The molecule has 0 saturated heterocycles. The van der Waals surface area contributed by atoms with Crippen LogP contribution in [0.25, 0.3) is 76.8 Å². The Morgan fingerprint density at radius 2 is 1.02 bits per heavy atom. The van der Waals surface area contributed by atoms with Crippen molar-refractivity contribution in [3.63, 3.8) is 0 Å². The van der Waals surface area contributed by atoms with E-state index in [1.54, 1.807) is 0 Å². The van der Waals surface area contributed by atoms with Crippen LogP contribution in [0.5, 0.6) is 0 Å². The highest BCUT2D eigenvalue weighted by Crippen LogP contribution is 2.41. The lowest BCUT2D eigenvalue weighted by Crippen LogP contribution is -2.10. The minimum Gasteiger partial charge on any atom is -0.438 e. The van der Waals surface area contributed by atoms with Gasteiger partial charge in [0.1, 0.15) is 5.58 Å². The Labute approximate surface area is 289 Å². The average Bonchev–Trinajstić information content (AvgIpc) is 3.54. The largest absolute Gasteiger partial charge is 0.438 e. The predicted octanol–water partition coefficient (Wildman–Crippen LogP) is 13.2. The second-order valence-corrected chi connectivity index (χ2v) is 12.8. The van der Waals surface area contributed by atoms with E-state index in [0.29, 0.717) is 5.71 Å². The molecule has 0 atom stereocenters. The maximum Gasteiger partial charge on any atom is 0.227 e. The van der Waals surface area contributed by atoms with Gasteiger partial charge in [0.15, 0.2) is 0 Å². The van der Waals surface area contributed by atoms with Crippen molar-refractivity contribution in [3.05, 3.63) is 182 Å². The van der Waals surface area contributed by atoms with Crippen LogP contribution in [0.2, 0.25) is 0 Å². The molecular formula is C47H30N2O. The molecule has 10 aromatic rings. The lowest BCUT2D eigenvalue weighted by atomic mass is 9.97. The van der Waals surface area contributed by atoms with Crippen molar-refractivity contribution < 1.29 is 4.42 Å². The highest BCUT2D eigenvalue weighted by atomic mass is 16.3. The second-order valence-electron chi connectivity index (χ2n) is 12.8. The van der Waals surface area contributed by atoms with E-state index in [9.17, 15) is 0 Å². The Kier molecular flexibility index (Phi) is 6.49. The Morgan fingerprint density at radius 3 is 1.90 bits per heavy atom.